The van der Waals surface area contributed by atoms with Crippen molar-refractivity contribution in [3.8, 4) is 11.5 Å². The summed E-state index contributed by atoms with van der Waals surface area (Å²) in [6.45, 7) is 11.9. The topological polar surface area (TPSA) is 84.2 Å². The van der Waals surface area contributed by atoms with Gasteiger partial charge in [0.05, 0.1) is 25.5 Å². The molecular weight excluding hydrogens is 533 g/mol. The molecule has 182 valence electrons. The van der Waals surface area contributed by atoms with Crippen molar-refractivity contribution >= 4 is 35.6 Å². The van der Waals surface area contributed by atoms with Crippen LogP contribution >= 0.6 is 24.0 Å². The third-order valence-electron chi connectivity index (χ3n) is 6.00. The normalized spacial score (nSPS) is 17.2. The first-order valence-corrected chi connectivity index (χ1v) is 11.7. The van der Waals surface area contributed by atoms with Crippen molar-refractivity contribution in [2.45, 2.75) is 46.6 Å². The Morgan fingerprint density at radius 2 is 1.91 bits per heavy atom. The van der Waals surface area contributed by atoms with Gasteiger partial charge in [-0.2, -0.15) is 0 Å². The van der Waals surface area contributed by atoms with Gasteiger partial charge in [-0.1, -0.05) is 0 Å². The van der Waals surface area contributed by atoms with Crippen molar-refractivity contribution in [1.29, 1.82) is 0 Å². The first kappa shape index (κ1) is 25.6. The van der Waals surface area contributed by atoms with Gasteiger partial charge in [-0.05, 0) is 64.8 Å². The van der Waals surface area contributed by atoms with Crippen LogP contribution in [0.1, 0.15) is 43.5 Å². The summed E-state index contributed by atoms with van der Waals surface area (Å²) < 4.78 is 17.3. The number of nitrogens with one attached hydrogen (secondary N) is 2. The minimum atomic E-state index is 0. The molecule has 8 nitrogen and oxygen atoms in total. The molecule has 0 aliphatic carbocycles. The van der Waals surface area contributed by atoms with Crippen molar-refractivity contribution in [2.75, 3.05) is 44.7 Å². The van der Waals surface area contributed by atoms with Crippen LogP contribution in [0.2, 0.25) is 0 Å². The standard InChI is InChI=1S/C24H35N5O3.HI/c1-4-25-24(28-20-6-7-21-22(14-20)31-13-5-12-30-21)26-15-19-8-10-29(11-9-19)16-23-27-17(2)18(3)32-23;/h6-7,14,19H,4-5,8-13,15-16H2,1-3H3,(H2,25,26,28);1H. The molecule has 3 heterocycles. The first-order chi connectivity index (χ1) is 15.6. The molecule has 4 rings (SSSR count). The Labute approximate surface area is 213 Å². The molecule has 0 bridgehead atoms. The molecule has 2 aromatic rings. The van der Waals surface area contributed by atoms with Gasteiger partial charge in [-0.25, -0.2) is 4.98 Å². The summed E-state index contributed by atoms with van der Waals surface area (Å²) in [4.78, 5) is 11.8. The average molecular weight is 569 g/mol. The van der Waals surface area contributed by atoms with Gasteiger partial charge >= 0.3 is 0 Å². The van der Waals surface area contributed by atoms with Crippen LogP contribution in [0, 0.1) is 19.8 Å². The molecule has 1 saturated heterocycles. The van der Waals surface area contributed by atoms with Crippen molar-refractivity contribution < 1.29 is 13.9 Å². The number of halogens is 1. The van der Waals surface area contributed by atoms with E-state index in [2.05, 4.69) is 27.4 Å². The quantitative estimate of drug-likeness (QED) is 0.304. The van der Waals surface area contributed by atoms with E-state index in [0.29, 0.717) is 19.1 Å². The summed E-state index contributed by atoms with van der Waals surface area (Å²) in [5.74, 6) is 4.71. The summed E-state index contributed by atoms with van der Waals surface area (Å²) in [6, 6.07) is 5.95. The highest BCUT2D eigenvalue weighted by atomic mass is 127. The smallest absolute Gasteiger partial charge is 0.208 e. The summed E-state index contributed by atoms with van der Waals surface area (Å²) in [5.41, 5.74) is 1.93. The molecule has 9 heteroatoms. The SMILES string of the molecule is CCNC(=NCC1CCN(Cc2nc(C)c(C)o2)CC1)Nc1ccc2c(c1)OCCCO2.I. The number of aromatic nitrogens is 1. The van der Waals surface area contributed by atoms with Crippen LogP contribution in [0.5, 0.6) is 11.5 Å². The van der Waals surface area contributed by atoms with E-state index in [1.807, 2.05) is 32.0 Å². The lowest BCUT2D eigenvalue weighted by molar-refractivity contribution is 0.166. The summed E-state index contributed by atoms with van der Waals surface area (Å²) in [5, 5.41) is 6.76. The molecule has 1 fully saturated rings. The van der Waals surface area contributed by atoms with Crippen molar-refractivity contribution in [3.63, 3.8) is 0 Å². The zero-order chi connectivity index (χ0) is 22.3. The zero-order valence-electron chi connectivity index (χ0n) is 19.9. The third kappa shape index (κ3) is 7.23. The first-order valence-electron chi connectivity index (χ1n) is 11.7. The number of aryl methyl sites for hydroxylation is 2. The molecule has 0 atom stereocenters. The molecule has 0 amide bonds. The van der Waals surface area contributed by atoms with Crippen molar-refractivity contribution in [3.05, 3.63) is 35.5 Å². The highest BCUT2D eigenvalue weighted by Crippen LogP contribution is 2.32. The Balaban J connectivity index is 0.00000306. The highest BCUT2D eigenvalue weighted by molar-refractivity contribution is 14.0. The van der Waals surface area contributed by atoms with Crippen LogP contribution in [-0.2, 0) is 6.54 Å². The Kier molecular flexibility index (Phi) is 9.66. The second-order valence-electron chi connectivity index (χ2n) is 8.53. The molecule has 0 spiro atoms. The number of guanidine groups is 1. The Bertz CT molecular complexity index is 905. The number of fused-ring (bicyclic) bond motifs is 1. The minimum absolute atomic E-state index is 0. The maximum absolute atomic E-state index is 5.81. The molecule has 0 saturated carbocycles. The highest BCUT2D eigenvalue weighted by Gasteiger charge is 2.21. The van der Waals surface area contributed by atoms with Gasteiger partial charge in [0.2, 0.25) is 5.89 Å². The molecule has 2 N–H and O–H groups in total. The van der Waals surface area contributed by atoms with Gasteiger partial charge in [-0.15, -0.1) is 24.0 Å². The number of hydrogen-bond donors (Lipinski definition) is 2. The molecule has 1 aromatic heterocycles. The molecule has 1 aromatic carbocycles. The Hall–Kier alpha value is -2.01. The van der Waals surface area contributed by atoms with Crippen LogP contribution in [0.4, 0.5) is 5.69 Å². The molecule has 0 radical (unpaired) electrons. The van der Waals surface area contributed by atoms with Crippen molar-refractivity contribution in [1.82, 2.24) is 15.2 Å². The van der Waals surface area contributed by atoms with Crippen LogP contribution in [-0.4, -0.2) is 55.2 Å². The van der Waals surface area contributed by atoms with Gasteiger partial charge in [-0.3, -0.25) is 9.89 Å². The number of benzene rings is 1. The predicted molar refractivity (Wildman–Crippen MR) is 141 cm³/mol. The maximum Gasteiger partial charge on any atom is 0.208 e. The summed E-state index contributed by atoms with van der Waals surface area (Å²) in [6.07, 6.45) is 3.16. The van der Waals surface area contributed by atoms with Gasteiger partial charge in [0.25, 0.3) is 0 Å². The van der Waals surface area contributed by atoms with E-state index in [0.717, 1.165) is 92.5 Å². The number of oxazole rings is 1. The van der Waals surface area contributed by atoms with Gasteiger partial charge in [0, 0.05) is 31.3 Å². The minimum Gasteiger partial charge on any atom is -0.490 e. The zero-order valence-corrected chi connectivity index (χ0v) is 22.2. The lowest BCUT2D eigenvalue weighted by Crippen LogP contribution is -2.35. The molecular formula is C24H36IN5O3. The van der Waals surface area contributed by atoms with E-state index < -0.39 is 0 Å². The lowest BCUT2D eigenvalue weighted by atomic mass is 9.97. The fraction of sp³-hybridized carbons (Fsp3) is 0.583. The fourth-order valence-corrected chi connectivity index (χ4v) is 4.03. The van der Waals surface area contributed by atoms with Crippen LogP contribution in [0.15, 0.2) is 27.6 Å². The van der Waals surface area contributed by atoms with Gasteiger partial charge in [0.1, 0.15) is 5.76 Å². The summed E-state index contributed by atoms with van der Waals surface area (Å²) in [7, 11) is 0. The van der Waals surface area contributed by atoms with E-state index in [1.165, 1.54) is 0 Å². The number of aliphatic imine (C=N–C) groups is 1. The Morgan fingerprint density at radius 3 is 2.61 bits per heavy atom. The molecule has 2 aliphatic heterocycles. The van der Waals surface area contributed by atoms with E-state index in [1.54, 1.807) is 0 Å². The molecule has 0 unspecified atom stereocenters. The van der Waals surface area contributed by atoms with E-state index >= 15 is 0 Å². The second kappa shape index (κ2) is 12.5. The lowest BCUT2D eigenvalue weighted by Gasteiger charge is -2.30. The second-order valence-corrected chi connectivity index (χ2v) is 8.53. The van der Waals surface area contributed by atoms with Crippen LogP contribution in [0.3, 0.4) is 0 Å². The van der Waals surface area contributed by atoms with Crippen LogP contribution in [0.25, 0.3) is 0 Å². The number of ether oxygens (including phenoxy) is 2. The average Bonchev–Trinajstić information content (AvgIpc) is 2.97. The third-order valence-corrected chi connectivity index (χ3v) is 6.00. The van der Waals surface area contributed by atoms with E-state index in [-0.39, 0.29) is 24.0 Å². The number of hydrogen-bond acceptors (Lipinski definition) is 6. The fourth-order valence-electron chi connectivity index (χ4n) is 4.03. The molecule has 33 heavy (non-hydrogen) atoms. The van der Waals surface area contributed by atoms with E-state index in [9.17, 15) is 0 Å². The predicted octanol–water partition coefficient (Wildman–Crippen LogP) is 4.36. The maximum atomic E-state index is 5.81. The van der Waals surface area contributed by atoms with Gasteiger partial charge < -0.3 is 24.5 Å². The number of anilines is 1. The molecule has 2 aliphatic rings. The number of nitrogens with zero attached hydrogens (tertiary/aromatic N) is 3. The number of piperidine rings is 1. The number of likely N-dealkylation sites (tertiary alicyclic amines) is 1. The monoisotopic (exact) mass is 569 g/mol. The van der Waals surface area contributed by atoms with Crippen molar-refractivity contribution in [2.24, 2.45) is 10.9 Å². The largest absolute Gasteiger partial charge is 0.490 e. The van der Waals surface area contributed by atoms with E-state index in [4.69, 9.17) is 18.9 Å². The number of rotatable bonds is 6. The van der Waals surface area contributed by atoms with Crippen LogP contribution < -0.4 is 20.1 Å². The Morgan fingerprint density at radius 1 is 1.15 bits per heavy atom. The summed E-state index contributed by atoms with van der Waals surface area (Å²) >= 11 is 0. The van der Waals surface area contributed by atoms with Gasteiger partial charge in [0.15, 0.2) is 17.5 Å².